The first-order chi connectivity index (χ1) is 14.4. The van der Waals surface area contributed by atoms with Gasteiger partial charge in [-0.15, -0.1) is 11.8 Å². The molecular weight excluding hydrogens is 424 g/mol. The molecule has 0 saturated carbocycles. The van der Waals surface area contributed by atoms with Crippen molar-refractivity contribution in [2.45, 2.75) is 19.6 Å². The third-order valence-electron chi connectivity index (χ3n) is 4.43. The van der Waals surface area contributed by atoms with Gasteiger partial charge in [0.15, 0.2) is 5.43 Å². The van der Waals surface area contributed by atoms with E-state index in [-0.39, 0.29) is 23.7 Å². The molecule has 1 aromatic heterocycles. The van der Waals surface area contributed by atoms with E-state index in [2.05, 4.69) is 10.3 Å². The van der Waals surface area contributed by atoms with Gasteiger partial charge in [-0.1, -0.05) is 17.7 Å². The fraction of sp³-hybridized carbons (Fsp3) is 0.227. The number of ether oxygens (including phenoxy) is 1. The first-order valence-electron chi connectivity index (χ1n) is 9.35. The minimum atomic E-state index is -0.459. The molecule has 0 radical (unpaired) electrons. The molecule has 2 aromatic carbocycles. The van der Waals surface area contributed by atoms with Gasteiger partial charge in [0.05, 0.1) is 17.9 Å². The number of thioether (sulfide) groups is 1. The van der Waals surface area contributed by atoms with Crippen LogP contribution in [0.15, 0.2) is 47.3 Å². The van der Waals surface area contributed by atoms with Crippen LogP contribution in [0.2, 0.25) is 5.02 Å². The predicted octanol–water partition coefficient (Wildman–Crippen LogP) is 4.54. The summed E-state index contributed by atoms with van der Waals surface area (Å²) in [5, 5.41) is 3.86. The lowest BCUT2D eigenvalue weighted by Gasteiger charge is -2.09. The molecule has 2 N–H and O–H groups in total. The number of hydrogen-bond donors (Lipinski definition) is 2. The van der Waals surface area contributed by atoms with E-state index in [0.29, 0.717) is 38.6 Å². The van der Waals surface area contributed by atoms with Crippen LogP contribution in [0.4, 0.5) is 5.69 Å². The SMILES string of the molecule is CCOC(=O)c1ccc2[nH]c(CSCC(=O)Nc3cccc(Cl)c3C)cc(=O)c2c1. The summed E-state index contributed by atoms with van der Waals surface area (Å²) in [5.41, 5.74) is 2.98. The minimum Gasteiger partial charge on any atom is -0.462 e. The molecule has 0 saturated heterocycles. The van der Waals surface area contributed by atoms with E-state index >= 15 is 0 Å². The van der Waals surface area contributed by atoms with Crippen molar-refractivity contribution in [2.75, 3.05) is 17.7 Å². The molecule has 0 aliphatic carbocycles. The van der Waals surface area contributed by atoms with E-state index in [0.717, 1.165) is 5.56 Å². The van der Waals surface area contributed by atoms with Crippen molar-refractivity contribution < 1.29 is 14.3 Å². The van der Waals surface area contributed by atoms with E-state index in [1.165, 1.54) is 23.9 Å². The molecule has 1 heterocycles. The van der Waals surface area contributed by atoms with Crippen LogP contribution in [-0.2, 0) is 15.3 Å². The number of hydrogen-bond acceptors (Lipinski definition) is 5. The highest BCUT2D eigenvalue weighted by Gasteiger charge is 2.11. The Kier molecular flexibility index (Phi) is 7.18. The Bertz CT molecular complexity index is 1160. The van der Waals surface area contributed by atoms with Crippen LogP contribution >= 0.6 is 23.4 Å². The van der Waals surface area contributed by atoms with Crippen molar-refractivity contribution in [3.8, 4) is 0 Å². The van der Waals surface area contributed by atoms with Crippen molar-refractivity contribution in [1.82, 2.24) is 4.98 Å². The molecule has 0 unspecified atom stereocenters. The van der Waals surface area contributed by atoms with E-state index in [4.69, 9.17) is 16.3 Å². The maximum atomic E-state index is 12.5. The first-order valence-corrected chi connectivity index (χ1v) is 10.9. The monoisotopic (exact) mass is 444 g/mol. The number of aromatic nitrogens is 1. The van der Waals surface area contributed by atoms with Gasteiger partial charge in [0, 0.05) is 39.1 Å². The molecule has 0 fully saturated rings. The number of halogens is 1. The Balaban J connectivity index is 1.64. The minimum absolute atomic E-state index is 0.146. The number of benzene rings is 2. The largest absolute Gasteiger partial charge is 0.462 e. The van der Waals surface area contributed by atoms with Gasteiger partial charge in [-0.05, 0) is 49.7 Å². The quantitative estimate of drug-likeness (QED) is 0.522. The summed E-state index contributed by atoms with van der Waals surface area (Å²) in [5.74, 6) is 0.0904. The van der Waals surface area contributed by atoms with Gasteiger partial charge in [-0.3, -0.25) is 9.59 Å². The maximum absolute atomic E-state index is 12.5. The number of rotatable bonds is 7. The molecule has 156 valence electrons. The van der Waals surface area contributed by atoms with Gasteiger partial charge in [-0.25, -0.2) is 4.79 Å². The predicted molar refractivity (Wildman–Crippen MR) is 122 cm³/mol. The number of fused-ring (bicyclic) bond motifs is 1. The molecule has 0 aliphatic rings. The molecule has 8 heteroatoms. The molecule has 0 spiro atoms. The smallest absolute Gasteiger partial charge is 0.338 e. The van der Waals surface area contributed by atoms with E-state index in [9.17, 15) is 14.4 Å². The summed E-state index contributed by atoms with van der Waals surface area (Å²) in [4.78, 5) is 39.7. The zero-order valence-electron chi connectivity index (χ0n) is 16.6. The van der Waals surface area contributed by atoms with Crippen LogP contribution in [0, 0.1) is 6.92 Å². The summed E-state index contributed by atoms with van der Waals surface area (Å²) < 4.78 is 4.97. The number of nitrogens with one attached hydrogen (secondary N) is 2. The summed E-state index contributed by atoms with van der Waals surface area (Å²) in [6.45, 7) is 3.85. The Labute approximate surface area is 183 Å². The fourth-order valence-corrected chi connectivity index (χ4v) is 3.81. The highest BCUT2D eigenvalue weighted by atomic mass is 35.5. The van der Waals surface area contributed by atoms with Gasteiger partial charge in [0.2, 0.25) is 5.91 Å². The lowest BCUT2D eigenvalue weighted by atomic mass is 10.1. The number of pyridine rings is 1. The molecule has 0 bridgehead atoms. The van der Waals surface area contributed by atoms with Gasteiger partial charge >= 0.3 is 5.97 Å². The normalized spacial score (nSPS) is 10.8. The number of aromatic amines is 1. The number of amides is 1. The van der Waals surface area contributed by atoms with Crippen molar-refractivity contribution in [3.05, 3.63) is 74.5 Å². The van der Waals surface area contributed by atoms with Crippen molar-refractivity contribution in [2.24, 2.45) is 0 Å². The van der Waals surface area contributed by atoms with Gasteiger partial charge < -0.3 is 15.0 Å². The Morgan fingerprint density at radius 2 is 2.00 bits per heavy atom. The lowest BCUT2D eigenvalue weighted by Crippen LogP contribution is -2.15. The molecule has 0 aliphatic heterocycles. The summed E-state index contributed by atoms with van der Waals surface area (Å²) >= 11 is 7.46. The van der Waals surface area contributed by atoms with E-state index in [1.807, 2.05) is 6.92 Å². The summed E-state index contributed by atoms with van der Waals surface area (Å²) in [6, 6.07) is 11.7. The fourth-order valence-electron chi connectivity index (χ4n) is 2.90. The van der Waals surface area contributed by atoms with Gasteiger partial charge in [0.1, 0.15) is 0 Å². The first kappa shape index (κ1) is 21.9. The molecule has 30 heavy (non-hydrogen) atoms. The average molecular weight is 445 g/mol. The van der Waals surface area contributed by atoms with Crippen LogP contribution in [0.3, 0.4) is 0 Å². The van der Waals surface area contributed by atoms with Gasteiger partial charge in [-0.2, -0.15) is 0 Å². The topological polar surface area (TPSA) is 88.3 Å². The molecule has 3 aromatic rings. The second-order valence-corrected chi connectivity index (χ2v) is 7.99. The summed E-state index contributed by atoms with van der Waals surface area (Å²) in [6.07, 6.45) is 0. The number of carbonyl (C=O) groups excluding carboxylic acids is 2. The molecular formula is C22H21ClN2O4S. The maximum Gasteiger partial charge on any atom is 0.338 e. The third kappa shape index (κ3) is 5.23. The Morgan fingerprint density at radius 3 is 2.77 bits per heavy atom. The zero-order valence-corrected chi connectivity index (χ0v) is 18.2. The third-order valence-corrected chi connectivity index (χ3v) is 5.82. The number of H-pyrrole nitrogens is 1. The standard InChI is InChI=1S/C22H21ClN2O4S/c1-3-29-22(28)14-7-8-19-16(9-14)20(26)10-15(24-19)11-30-12-21(27)25-18-6-4-5-17(23)13(18)2/h4-10H,3,11-12H2,1-2H3,(H,24,26)(H,25,27). The van der Waals surface area contributed by atoms with Crippen molar-refractivity contribution >= 4 is 51.8 Å². The second kappa shape index (κ2) is 9.82. The van der Waals surface area contributed by atoms with Crippen LogP contribution in [0.1, 0.15) is 28.5 Å². The second-order valence-electron chi connectivity index (χ2n) is 6.59. The lowest BCUT2D eigenvalue weighted by molar-refractivity contribution is -0.113. The number of esters is 1. The average Bonchev–Trinajstić information content (AvgIpc) is 2.71. The highest BCUT2D eigenvalue weighted by Crippen LogP contribution is 2.23. The van der Waals surface area contributed by atoms with Crippen LogP contribution in [0.5, 0.6) is 0 Å². The summed E-state index contributed by atoms with van der Waals surface area (Å²) in [7, 11) is 0. The Hall–Kier alpha value is -2.77. The number of carbonyl (C=O) groups is 2. The van der Waals surface area contributed by atoms with Crippen LogP contribution < -0.4 is 10.7 Å². The molecule has 6 nitrogen and oxygen atoms in total. The van der Waals surface area contributed by atoms with Gasteiger partial charge in [0.25, 0.3) is 0 Å². The van der Waals surface area contributed by atoms with Crippen molar-refractivity contribution in [1.29, 1.82) is 0 Å². The van der Waals surface area contributed by atoms with Crippen LogP contribution in [-0.4, -0.2) is 29.2 Å². The Morgan fingerprint density at radius 1 is 1.20 bits per heavy atom. The number of anilines is 1. The highest BCUT2D eigenvalue weighted by molar-refractivity contribution is 7.99. The van der Waals surface area contributed by atoms with E-state index in [1.54, 1.807) is 37.3 Å². The molecule has 3 rings (SSSR count). The van der Waals surface area contributed by atoms with Crippen molar-refractivity contribution in [3.63, 3.8) is 0 Å². The van der Waals surface area contributed by atoms with Crippen LogP contribution in [0.25, 0.3) is 10.9 Å². The zero-order chi connectivity index (χ0) is 21.7. The molecule has 0 atom stereocenters. The molecule has 1 amide bonds. The van der Waals surface area contributed by atoms with E-state index < -0.39 is 5.97 Å².